The highest BCUT2D eigenvalue weighted by Crippen LogP contribution is 2.40. The van der Waals surface area contributed by atoms with Crippen molar-refractivity contribution < 1.29 is 31.0 Å². The first-order valence-electron chi connectivity index (χ1n) is 10.7. The maximum atomic E-state index is 11.5. The summed E-state index contributed by atoms with van der Waals surface area (Å²) in [6.07, 6.45) is 0. The van der Waals surface area contributed by atoms with Crippen molar-refractivity contribution >= 4 is 77.3 Å². The molecule has 0 aliphatic rings. The summed E-state index contributed by atoms with van der Waals surface area (Å²) in [5.41, 5.74) is 7.21. The second-order valence-corrected chi connectivity index (χ2v) is 11.2. The SMILES string of the molecule is Nc1ccc2cc(S(=O)(=O)O)cc(O)c2c1N=Nc1ccc(Nc2nc(Cl)nc(NCCS(=O)(=O)O)n2)cc1. The maximum Gasteiger partial charge on any atom is 0.294 e. The van der Waals surface area contributed by atoms with Gasteiger partial charge in [0.25, 0.3) is 20.2 Å². The van der Waals surface area contributed by atoms with E-state index >= 15 is 0 Å². The van der Waals surface area contributed by atoms with E-state index in [0.29, 0.717) is 11.4 Å². The van der Waals surface area contributed by atoms with Crippen molar-refractivity contribution in [2.75, 3.05) is 28.7 Å². The van der Waals surface area contributed by atoms with Gasteiger partial charge < -0.3 is 21.5 Å². The number of hydrogen-bond donors (Lipinski definition) is 6. The van der Waals surface area contributed by atoms with Crippen LogP contribution in [0.3, 0.4) is 0 Å². The molecule has 4 rings (SSSR count). The highest BCUT2D eigenvalue weighted by atomic mass is 35.5. The Hall–Kier alpha value is -4.16. The second-order valence-electron chi connectivity index (χ2n) is 7.86. The Morgan fingerprint density at radius 3 is 2.28 bits per heavy atom. The Balaban J connectivity index is 1.53. The number of nitrogens with zero attached hydrogens (tertiary/aromatic N) is 5. The highest BCUT2D eigenvalue weighted by Gasteiger charge is 2.17. The van der Waals surface area contributed by atoms with Crippen LogP contribution in [0.2, 0.25) is 5.28 Å². The number of aromatic nitrogens is 3. The fourth-order valence-corrected chi connectivity index (χ4v) is 4.35. The van der Waals surface area contributed by atoms with Crippen LogP contribution < -0.4 is 16.4 Å². The van der Waals surface area contributed by atoms with Gasteiger partial charge in [0.15, 0.2) is 0 Å². The predicted octanol–water partition coefficient (Wildman–Crippen LogP) is 3.67. The number of nitrogens with one attached hydrogen (secondary N) is 2. The number of nitrogen functional groups attached to an aromatic ring is 1. The first-order valence-corrected chi connectivity index (χ1v) is 14.1. The molecule has 0 saturated heterocycles. The van der Waals surface area contributed by atoms with Crippen molar-refractivity contribution in [2.24, 2.45) is 10.2 Å². The zero-order valence-electron chi connectivity index (χ0n) is 19.5. The van der Waals surface area contributed by atoms with Gasteiger partial charge in [-0.3, -0.25) is 9.11 Å². The smallest absolute Gasteiger partial charge is 0.294 e. The first kappa shape index (κ1) is 27.9. The van der Waals surface area contributed by atoms with Gasteiger partial charge in [0.1, 0.15) is 11.4 Å². The molecule has 0 radical (unpaired) electrons. The molecule has 0 spiro atoms. The number of halogens is 1. The fourth-order valence-electron chi connectivity index (χ4n) is 3.30. The fraction of sp³-hybridized carbons (Fsp3) is 0.0952. The Morgan fingerprint density at radius 2 is 1.62 bits per heavy atom. The normalized spacial score (nSPS) is 12.2. The number of nitrogens with two attached hydrogens (primary N) is 1. The molecule has 18 heteroatoms. The van der Waals surface area contributed by atoms with Gasteiger partial charge in [0.2, 0.25) is 17.2 Å². The molecular weight excluding hydrogens is 576 g/mol. The molecule has 39 heavy (non-hydrogen) atoms. The molecule has 4 aromatic rings. The number of anilines is 4. The summed E-state index contributed by atoms with van der Waals surface area (Å²) in [6, 6.07) is 11.4. The van der Waals surface area contributed by atoms with Crippen LogP contribution in [-0.4, -0.2) is 58.3 Å². The van der Waals surface area contributed by atoms with Crippen molar-refractivity contribution in [3.63, 3.8) is 0 Å². The minimum Gasteiger partial charge on any atom is -0.507 e. The van der Waals surface area contributed by atoms with Crippen LogP contribution in [-0.2, 0) is 20.2 Å². The van der Waals surface area contributed by atoms with Crippen molar-refractivity contribution in [3.05, 3.63) is 53.8 Å². The summed E-state index contributed by atoms with van der Waals surface area (Å²) in [7, 11) is -8.70. The van der Waals surface area contributed by atoms with E-state index in [1.54, 1.807) is 24.3 Å². The zero-order chi connectivity index (χ0) is 28.4. The number of azo groups is 1. The third-order valence-electron chi connectivity index (χ3n) is 5.01. The molecule has 0 bridgehead atoms. The standard InChI is InChI=1S/C21H19ClN8O7S2/c22-19-26-20(24-7-8-38(32,33)34)28-21(27-19)25-12-2-4-13(5-3-12)29-30-18-15(23)6-1-11-9-14(39(35,36)37)10-16(31)17(11)18/h1-6,9-10,31H,7-8,23H2,(H,32,33,34)(H,35,36,37)(H2,24,25,26,27,28). The largest absolute Gasteiger partial charge is 0.507 e. The van der Waals surface area contributed by atoms with Crippen LogP contribution in [0.5, 0.6) is 5.75 Å². The molecule has 0 aliphatic heterocycles. The minimum absolute atomic E-state index is 0.00814. The zero-order valence-corrected chi connectivity index (χ0v) is 21.9. The first-order chi connectivity index (χ1) is 18.3. The van der Waals surface area contributed by atoms with Gasteiger partial charge in [-0.25, -0.2) is 0 Å². The average Bonchev–Trinajstić information content (AvgIpc) is 2.83. The summed E-state index contributed by atoms with van der Waals surface area (Å²) in [6.45, 7) is -0.154. The van der Waals surface area contributed by atoms with Gasteiger partial charge in [-0.05, 0) is 53.4 Å². The van der Waals surface area contributed by atoms with Crippen molar-refractivity contribution in [2.45, 2.75) is 4.90 Å². The monoisotopic (exact) mass is 594 g/mol. The lowest BCUT2D eigenvalue weighted by Gasteiger charge is -2.09. The summed E-state index contributed by atoms with van der Waals surface area (Å²) in [5, 5.41) is 24.4. The number of fused-ring (bicyclic) bond motifs is 1. The van der Waals surface area contributed by atoms with E-state index in [4.69, 9.17) is 21.9 Å². The molecule has 0 atom stereocenters. The molecule has 7 N–H and O–H groups in total. The number of phenolic OH excluding ortho intramolecular Hbond substituents is 1. The maximum absolute atomic E-state index is 11.5. The Bertz CT molecular complexity index is 1800. The van der Waals surface area contributed by atoms with E-state index in [1.165, 1.54) is 18.2 Å². The van der Waals surface area contributed by atoms with Gasteiger partial charge in [0, 0.05) is 18.3 Å². The number of hydrogen-bond acceptors (Lipinski definition) is 13. The van der Waals surface area contributed by atoms with Crippen LogP contribution in [0.4, 0.5) is 34.6 Å². The van der Waals surface area contributed by atoms with E-state index in [-0.39, 0.29) is 45.9 Å². The summed E-state index contributed by atoms with van der Waals surface area (Å²) < 4.78 is 62.7. The van der Waals surface area contributed by atoms with Crippen LogP contribution in [0, 0.1) is 0 Å². The van der Waals surface area contributed by atoms with E-state index in [0.717, 1.165) is 6.07 Å². The summed E-state index contributed by atoms with van der Waals surface area (Å²) >= 11 is 5.90. The van der Waals surface area contributed by atoms with E-state index in [1.807, 2.05) is 0 Å². The van der Waals surface area contributed by atoms with Crippen LogP contribution in [0.25, 0.3) is 10.8 Å². The number of phenols is 1. The lowest BCUT2D eigenvalue weighted by Crippen LogP contribution is -2.16. The van der Waals surface area contributed by atoms with E-state index in [2.05, 4.69) is 35.8 Å². The quantitative estimate of drug-likeness (QED) is 0.0920. The third-order valence-corrected chi connectivity index (χ3v) is 6.73. The van der Waals surface area contributed by atoms with E-state index in [9.17, 15) is 26.5 Å². The number of benzene rings is 3. The highest BCUT2D eigenvalue weighted by molar-refractivity contribution is 7.86. The van der Waals surface area contributed by atoms with Gasteiger partial charge in [0.05, 0.1) is 27.4 Å². The van der Waals surface area contributed by atoms with E-state index < -0.39 is 36.6 Å². The summed E-state index contributed by atoms with van der Waals surface area (Å²) in [4.78, 5) is 11.4. The van der Waals surface area contributed by atoms with Gasteiger partial charge in [-0.2, -0.15) is 36.9 Å². The van der Waals surface area contributed by atoms with Crippen LogP contribution in [0.15, 0.2) is 63.7 Å². The van der Waals surface area contributed by atoms with Gasteiger partial charge in [-0.15, -0.1) is 5.11 Å². The molecule has 0 amide bonds. The molecule has 204 valence electrons. The Morgan fingerprint density at radius 1 is 0.923 bits per heavy atom. The third kappa shape index (κ3) is 7.24. The molecule has 0 saturated carbocycles. The molecule has 1 heterocycles. The molecule has 0 fully saturated rings. The van der Waals surface area contributed by atoms with Crippen molar-refractivity contribution in [1.29, 1.82) is 0 Å². The predicted molar refractivity (Wildman–Crippen MR) is 143 cm³/mol. The summed E-state index contributed by atoms with van der Waals surface area (Å²) in [5.74, 6) is -0.956. The number of aromatic hydroxyl groups is 1. The average molecular weight is 595 g/mol. The number of rotatable bonds is 9. The minimum atomic E-state index is -4.54. The molecule has 15 nitrogen and oxygen atoms in total. The van der Waals surface area contributed by atoms with Crippen molar-refractivity contribution in [3.8, 4) is 5.75 Å². The van der Waals surface area contributed by atoms with Crippen molar-refractivity contribution in [1.82, 2.24) is 15.0 Å². The Kier molecular flexibility index (Phi) is 7.79. The van der Waals surface area contributed by atoms with Crippen LogP contribution in [0.1, 0.15) is 0 Å². The molecule has 3 aromatic carbocycles. The molecule has 0 unspecified atom stereocenters. The Labute approximate surface area is 226 Å². The lowest BCUT2D eigenvalue weighted by molar-refractivity contribution is 0.471. The van der Waals surface area contributed by atoms with Gasteiger partial charge in [-0.1, -0.05) is 6.07 Å². The van der Waals surface area contributed by atoms with Gasteiger partial charge >= 0.3 is 0 Å². The molecule has 1 aromatic heterocycles. The topological polar surface area (TPSA) is 242 Å². The molecular formula is C21H19ClN8O7S2. The second kappa shape index (κ2) is 10.9. The lowest BCUT2D eigenvalue weighted by atomic mass is 10.1. The van der Waals surface area contributed by atoms with Crippen LogP contribution >= 0.6 is 11.6 Å². The molecule has 0 aliphatic carbocycles.